The lowest BCUT2D eigenvalue weighted by molar-refractivity contribution is 0.703. The molecule has 0 fully saturated rings. The third kappa shape index (κ3) is 2.48. The van der Waals surface area contributed by atoms with Crippen molar-refractivity contribution in [1.29, 1.82) is 10.5 Å². The molecule has 0 saturated heterocycles. The molecule has 1 aliphatic rings. The van der Waals surface area contributed by atoms with Gasteiger partial charge in [0.2, 0.25) is 0 Å². The van der Waals surface area contributed by atoms with E-state index in [1.165, 1.54) is 4.90 Å². The van der Waals surface area contributed by atoms with Crippen LogP contribution in [-0.4, -0.2) is 12.0 Å². The molecular weight excluding hydrogens is 266 g/mol. The molecule has 0 aromatic heterocycles. The van der Waals surface area contributed by atoms with E-state index in [0.717, 1.165) is 17.0 Å². The van der Waals surface area contributed by atoms with Gasteiger partial charge in [-0.1, -0.05) is 12.1 Å². The zero-order valence-electron chi connectivity index (χ0n) is 11.7. The summed E-state index contributed by atoms with van der Waals surface area (Å²) in [6, 6.07) is 12.6. The van der Waals surface area contributed by atoms with Crippen LogP contribution < -0.4 is 0 Å². The molecule has 4 heteroatoms. The zero-order chi connectivity index (χ0) is 14.7. The maximum Gasteiger partial charge on any atom is 0.0973 e. The lowest BCUT2D eigenvalue weighted by Gasteiger charge is -2.26. The molecule has 0 bridgehead atoms. The van der Waals surface area contributed by atoms with E-state index in [4.69, 9.17) is 0 Å². The van der Waals surface area contributed by atoms with Crippen molar-refractivity contribution < 1.29 is 0 Å². The van der Waals surface area contributed by atoms with Gasteiger partial charge in [0.1, 0.15) is 0 Å². The topological polar surface area (TPSA) is 59.9 Å². The van der Waals surface area contributed by atoms with Crippen molar-refractivity contribution >= 4 is 17.5 Å². The summed E-state index contributed by atoms with van der Waals surface area (Å²) in [5.74, 6) is -0.577. The van der Waals surface area contributed by atoms with Crippen LogP contribution in [0.15, 0.2) is 45.4 Å². The van der Waals surface area contributed by atoms with Crippen LogP contribution in [0.5, 0.6) is 0 Å². The molecule has 0 radical (unpaired) electrons. The van der Waals surface area contributed by atoms with E-state index in [2.05, 4.69) is 17.1 Å². The molecule has 2 atom stereocenters. The Morgan fingerprint density at radius 1 is 1.15 bits per heavy atom. The highest BCUT2D eigenvalue weighted by molar-refractivity contribution is 7.98. The maximum atomic E-state index is 9.43. The number of thioether (sulfide) groups is 1. The molecule has 3 nitrogen and oxygen atoms in total. The van der Waals surface area contributed by atoms with Gasteiger partial charge >= 0.3 is 0 Å². The van der Waals surface area contributed by atoms with Gasteiger partial charge in [-0.2, -0.15) is 10.5 Å². The molecule has 2 rings (SSSR count). The quantitative estimate of drug-likeness (QED) is 0.772. The van der Waals surface area contributed by atoms with Crippen LogP contribution in [0, 0.1) is 28.6 Å². The second-order valence-corrected chi connectivity index (χ2v) is 5.60. The predicted octanol–water partition coefficient (Wildman–Crippen LogP) is 3.90. The number of allylic oxidation sites excluding steroid dienone is 2. The first kappa shape index (κ1) is 14.4. The van der Waals surface area contributed by atoms with Gasteiger partial charge in [-0.3, -0.25) is 4.99 Å². The zero-order valence-corrected chi connectivity index (χ0v) is 12.5. The minimum Gasteiger partial charge on any atom is -0.260 e. The van der Waals surface area contributed by atoms with E-state index in [-0.39, 0.29) is 11.8 Å². The van der Waals surface area contributed by atoms with E-state index in [1.54, 1.807) is 11.8 Å². The van der Waals surface area contributed by atoms with Gasteiger partial charge in [-0.25, -0.2) is 0 Å². The standard InChI is InChI=1S/C16H15N3S/c1-10-14(8-17)16(15(9-18)11(2)19-10)12-4-6-13(20-3)7-5-12/h4-7,14,16H,1-3H3. The highest BCUT2D eigenvalue weighted by Gasteiger charge is 2.33. The van der Waals surface area contributed by atoms with Crippen LogP contribution in [0.3, 0.4) is 0 Å². The van der Waals surface area contributed by atoms with Crippen LogP contribution >= 0.6 is 11.8 Å². The van der Waals surface area contributed by atoms with Crippen LogP contribution in [0.25, 0.3) is 0 Å². The third-order valence-corrected chi connectivity index (χ3v) is 4.31. The summed E-state index contributed by atoms with van der Waals surface area (Å²) in [7, 11) is 0. The monoisotopic (exact) mass is 281 g/mol. The van der Waals surface area contributed by atoms with E-state index in [9.17, 15) is 10.5 Å². The van der Waals surface area contributed by atoms with Gasteiger partial charge in [-0.15, -0.1) is 11.8 Å². The molecule has 1 aromatic rings. The van der Waals surface area contributed by atoms with Crippen molar-refractivity contribution in [3.05, 3.63) is 41.1 Å². The van der Waals surface area contributed by atoms with E-state index >= 15 is 0 Å². The van der Waals surface area contributed by atoms with Crippen molar-refractivity contribution in [2.75, 3.05) is 6.26 Å². The largest absolute Gasteiger partial charge is 0.260 e. The molecule has 0 N–H and O–H groups in total. The number of aliphatic imine (C=N–C) groups is 1. The van der Waals surface area contributed by atoms with Crippen molar-refractivity contribution in [2.24, 2.45) is 10.9 Å². The molecule has 0 saturated carbocycles. The molecule has 0 spiro atoms. The smallest absolute Gasteiger partial charge is 0.0973 e. The average molecular weight is 281 g/mol. The number of rotatable bonds is 2. The van der Waals surface area contributed by atoms with Gasteiger partial charge in [0.25, 0.3) is 0 Å². The second kappa shape index (κ2) is 5.94. The van der Waals surface area contributed by atoms with Crippen molar-refractivity contribution in [3.63, 3.8) is 0 Å². The lowest BCUT2D eigenvalue weighted by Crippen LogP contribution is -2.24. The number of hydrogen-bond donors (Lipinski definition) is 0. The van der Waals surface area contributed by atoms with Gasteiger partial charge in [0.15, 0.2) is 0 Å². The fraction of sp³-hybridized carbons (Fsp3) is 0.312. The Hall–Kier alpha value is -2.04. The summed E-state index contributed by atoms with van der Waals surface area (Å²) in [6.07, 6.45) is 2.02. The number of nitrogens with zero attached hydrogens (tertiary/aromatic N) is 3. The molecular formula is C16H15N3S. The van der Waals surface area contributed by atoms with Crippen LogP contribution in [0.2, 0.25) is 0 Å². The molecule has 20 heavy (non-hydrogen) atoms. The molecule has 100 valence electrons. The van der Waals surface area contributed by atoms with Gasteiger partial charge in [0, 0.05) is 16.5 Å². The van der Waals surface area contributed by atoms with Crippen molar-refractivity contribution in [2.45, 2.75) is 24.7 Å². The van der Waals surface area contributed by atoms with E-state index < -0.39 is 0 Å². The predicted molar refractivity (Wildman–Crippen MR) is 81.5 cm³/mol. The lowest BCUT2D eigenvalue weighted by atomic mass is 9.77. The Morgan fingerprint density at radius 3 is 2.30 bits per heavy atom. The molecule has 1 aliphatic heterocycles. The minimum atomic E-state index is -0.367. The number of benzene rings is 1. The second-order valence-electron chi connectivity index (χ2n) is 4.72. The first-order chi connectivity index (χ1) is 9.62. The van der Waals surface area contributed by atoms with Crippen molar-refractivity contribution in [1.82, 2.24) is 0 Å². The molecule has 1 heterocycles. The summed E-state index contributed by atoms with van der Waals surface area (Å²) in [5.41, 5.74) is 3.09. The summed E-state index contributed by atoms with van der Waals surface area (Å²) in [6.45, 7) is 3.69. The fourth-order valence-electron chi connectivity index (χ4n) is 2.52. The molecule has 0 aliphatic carbocycles. The maximum absolute atomic E-state index is 9.43. The van der Waals surface area contributed by atoms with Gasteiger partial charge in [0.05, 0.1) is 29.3 Å². The Balaban J connectivity index is 2.53. The average Bonchev–Trinajstić information content (AvgIpc) is 2.46. The summed E-state index contributed by atoms with van der Waals surface area (Å²) in [4.78, 5) is 5.51. The highest BCUT2D eigenvalue weighted by atomic mass is 32.2. The summed E-state index contributed by atoms with van der Waals surface area (Å²) in [5, 5.41) is 18.8. The molecule has 1 aromatic carbocycles. The van der Waals surface area contributed by atoms with Gasteiger partial charge in [-0.05, 0) is 37.8 Å². The first-order valence-electron chi connectivity index (χ1n) is 6.32. The number of nitriles is 2. The van der Waals surface area contributed by atoms with Crippen LogP contribution in [0.4, 0.5) is 0 Å². The molecule has 0 amide bonds. The Bertz CT molecular complexity index is 656. The molecule has 2 unspecified atom stereocenters. The Kier molecular flexibility index (Phi) is 4.27. The summed E-state index contributed by atoms with van der Waals surface area (Å²) < 4.78 is 0. The Morgan fingerprint density at radius 2 is 1.80 bits per heavy atom. The Labute approximate surface area is 123 Å². The van der Waals surface area contributed by atoms with E-state index in [0.29, 0.717) is 5.57 Å². The van der Waals surface area contributed by atoms with Crippen molar-refractivity contribution in [3.8, 4) is 12.1 Å². The van der Waals surface area contributed by atoms with Gasteiger partial charge < -0.3 is 0 Å². The normalized spacial score (nSPS) is 21.9. The third-order valence-electron chi connectivity index (χ3n) is 3.56. The first-order valence-corrected chi connectivity index (χ1v) is 7.54. The summed E-state index contributed by atoms with van der Waals surface area (Å²) >= 11 is 1.67. The number of hydrogen-bond acceptors (Lipinski definition) is 4. The van der Waals surface area contributed by atoms with Crippen LogP contribution in [0.1, 0.15) is 25.3 Å². The minimum absolute atomic E-state index is 0.210. The fourth-order valence-corrected chi connectivity index (χ4v) is 2.92. The SMILES string of the molecule is CSc1ccc(C2C(C#N)=C(C)N=C(C)C2C#N)cc1. The van der Waals surface area contributed by atoms with E-state index in [1.807, 2.05) is 44.4 Å². The highest BCUT2D eigenvalue weighted by Crippen LogP contribution is 2.38. The van der Waals surface area contributed by atoms with Crippen LogP contribution in [-0.2, 0) is 0 Å².